The van der Waals surface area contributed by atoms with Crippen LogP contribution in [0.4, 0.5) is 4.39 Å². The van der Waals surface area contributed by atoms with Crippen LogP contribution in [0.1, 0.15) is 23.7 Å². The van der Waals surface area contributed by atoms with Gasteiger partial charge in [0.15, 0.2) is 11.6 Å². The Bertz CT molecular complexity index is 1360. The zero-order chi connectivity index (χ0) is 24.2. The van der Waals surface area contributed by atoms with Crippen molar-refractivity contribution in [3.05, 3.63) is 69.7 Å². The fraction of sp³-hybridized carbons (Fsp3) is 0.348. The molecule has 7 nitrogen and oxygen atoms in total. The van der Waals surface area contributed by atoms with Gasteiger partial charge in [-0.25, -0.2) is 17.8 Å². The van der Waals surface area contributed by atoms with Crippen molar-refractivity contribution >= 4 is 33.0 Å². The number of aliphatic hydroxyl groups is 1. The molecule has 0 amide bonds. The molecule has 1 N–H and O–H groups in total. The number of sulfone groups is 1. The molecule has 3 atom stereocenters. The van der Waals surface area contributed by atoms with Gasteiger partial charge in [0.2, 0.25) is 15.0 Å². The minimum atomic E-state index is -3.60. The highest BCUT2D eigenvalue weighted by molar-refractivity contribution is 7.90. The number of fused-ring (bicyclic) bond motifs is 1. The number of likely N-dealkylation sites (tertiary alicyclic amines) is 1. The van der Waals surface area contributed by atoms with Crippen molar-refractivity contribution in [2.24, 2.45) is 0 Å². The van der Waals surface area contributed by atoms with Gasteiger partial charge in [-0.1, -0.05) is 23.2 Å². The Hall–Kier alpha value is -2.17. The summed E-state index contributed by atoms with van der Waals surface area (Å²) < 4.78 is 46.7. The second-order valence-corrected chi connectivity index (χ2v) is 11.4. The number of aliphatic hydroxyl groups excluding tert-OH is 1. The lowest BCUT2D eigenvalue weighted by Gasteiger charge is -2.30. The third kappa shape index (κ3) is 4.31. The van der Waals surface area contributed by atoms with Crippen LogP contribution in [0.3, 0.4) is 0 Å². The maximum Gasteiger partial charge on any atom is 0.231 e. The van der Waals surface area contributed by atoms with Crippen molar-refractivity contribution in [1.82, 2.24) is 14.5 Å². The number of imidazole rings is 1. The van der Waals surface area contributed by atoms with Gasteiger partial charge >= 0.3 is 0 Å². The van der Waals surface area contributed by atoms with Gasteiger partial charge in [-0.05, 0) is 42.7 Å². The molecule has 34 heavy (non-hydrogen) atoms. The van der Waals surface area contributed by atoms with Crippen molar-refractivity contribution in [3.8, 4) is 11.4 Å². The maximum atomic E-state index is 15.2. The van der Waals surface area contributed by atoms with Gasteiger partial charge in [0.1, 0.15) is 6.10 Å². The number of benzene rings is 2. The van der Waals surface area contributed by atoms with Crippen LogP contribution in [0.2, 0.25) is 10.0 Å². The van der Waals surface area contributed by atoms with E-state index in [1.165, 1.54) is 29.1 Å². The lowest BCUT2D eigenvalue weighted by atomic mass is 10.1. The van der Waals surface area contributed by atoms with Crippen molar-refractivity contribution < 1.29 is 22.7 Å². The number of aromatic nitrogens is 2. The number of hydrogen-bond donors (Lipinski definition) is 1. The second-order valence-electron chi connectivity index (χ2n) is 8.67. The molecule has 3 aromatic rings. The van der Waals surface area contributed by atoms with Gasteiger partial charge in [-0.2, -0.15) is 0 Å². The van der Waals surface area contributed by atoms with Crippen LogP contribution in [0.25, 0.3) is 5.69 Å². The standard InChI is InChI=1S/C23H22Cl2FN3O4S/c1-34(31,32)23-27-5-7-29(23)14-2-3-21(19(26)10-14)33-22-17-8-13(24)9-18(25)16(17)11-20(22)28-6-4-15(30)12-28/h2-3,5,7-10,15,20,22,30H,4,6,11-12H2,1H3/t15?,20-,22-/m0/s1. The lowest BCUT2D eigenvalue weighted by molar-refractivity contribution is 0.0790. The summed E-state index contributed by atoms with van der Waals surface area (Å²) in [6.45, 7) is 1.20. The monoisotopic (exact) mass is 525 g/mol. The van der Waals surface area contributed by atoms with Gasteiger partial charge in [-0.15, -0.1) is 0 Å². The topological polar surface area (TPSA) is 84.7 Å². The van der Waals surface area contributed by atoms with Gasteiger partial charge in [0, 0.05) is 53.4 Å². The van der Waals surface area contributed by atoms with Crippen LogP contribution in [0.5, 0.6) is 5.75 Å². The van der Waals surface area contributed by atoms with Crippen molar-refractivity contribution in [2.45, 2.75) is 36.2 Å². The largest absolute Gasteiger partial charge is 0.481 e. The van der Waals surface area contributed by atoms with Gasteiger partial charge in [-0.3, -0.25) is 9.47 Å². The van der Waals surface area contributed by atoms with Gasteiger partial charge < -0.3 is 9.84 Å². The van der Waals surface area contributed by atoms with E-state index in [1.54, 1.807) is 18.2 Å². The first-order valence-electron chi connectivity index (χ1n) is 10.7. The number of hydrogen-bond acceptors (Lipinski definition) is 6. The Morgan fingerprint density at radius 2 is 2.03 bits per heavy atom. The molecule has 1 aliphatic heterocycles. The van der Waals surface area contributed by atoms with Crippen molar-refractivity contribution in [2.75, 3.05) is 19.3 Å². The lowest BCUT2D eigenvalue weighted by Crippen LogP contribution is -2.39. The van der Waals surface area contributed by atoms with E-state index in [0.717, 1.165) is 17.4 Å². The van der Waals surface area contributed by atoms with E-state index in [-0.39, 0.29) is 16.9 Å². The first-order chi connectivity index (χ1) is 16.1. The zero-order valence-corrected chi connectivity index (χ0v) is 20.5. The van der Waals surface area contributed by atoms with E-state index in [0.29, 0.717) is 41.7 Å². The molecular weight excluding hydrogens is 504 g/mol. The van der Waals surface area contributed by atoms with Crippen molar-refractivity contribution in [1.29, 1.82) is 0 Å². The van der Waals surface area contributed by atoms with Gasteiger partial charge in [0.05, 0.1) is 17.8 Å². The van der Waals surface area contributed by atoms with Crippen LogP contribution in [-0.2, 0) is 16.3 Å². The summed E-state index contributed by atoms with van der Waals surface area (Å²) in [5, 5.41) is 10.9. The fourth-order valence-corrected chi connectivity index (χ4v) is 6.14. The average molecular weight is 526 g/mol. The summed E-state index contributed by atoms with van der Waals surface area (Å²) in [4.78, 5) is 6.01. The predicted molar refractivity (Wildman–Crippen MR) is 126 cm³/mol. The Balaban J connectivity index is 1.49. The first kappa shape index (κ1) is 23.6. The highest BCUT2D eigenvalue weighted by Crippen LogP contribution is 2.43. The molecule has 0 radical (unpaired) electrons. The summed E-state index contributed by atoms with van der Waals surface area (Å²) in [5.74, 6) is -0.629. The molecular formula is C23H22Cl2FN3O4S. The number of ether oxygens (including phenoxy) is 1. The summed E-state index contributed by atoms with van der Waals surface area (Å²) in [6, 6.07) is 7.57. The quantitative estimate of drug-likeness (QED) is 0.544. The van der Waals surface area contributed by atoms with Crippen LogP contribution in [-0.4, -0.2) is 59.5 Å². The molecule has 1 saturated heterocycles. The minimum absolute atomic E-state index is 0.0171. The molecule has 180 valence electrons. The minimum Gasteiger partial charge on any atom is -0.481 e. The van der Waals surface area contributed by atoms with E-state index in [2.05, 4.69) is 9.88 Å². The molecule has 1 aromatic heterocycles. The molecule has 2 heterocycles. The predicted octanol–water partition coefficient (Wildman–Crippen LogP) is 3.83. The third-order valence-electron chi connectivity index (χ3n) is 6.31. The van der Waals surface area contributed by atoms with Gasteiger partial charge in [0.25, 0.3) is 0 Å². The molecule has 5 rings (SSSR count). The smallest absolute Gasteiger partial charge is 0.231 e. The summed E-state index contributed by atoms with van der Waals surface area (Å²) >= 11 is 12.7. The highest BCUT2D eigenvalue weighted by atomic mass is 35.5. The number of β-amino-alcohol motifs (C(OH)–C–C–N with tert-alkyl or cyclic N) is 1. The van der Waals surface area contributed by atoms with E-state index in [4.69, 9.17) is 27.9 Å². The van der Waals surface area contributed by atoms with Crippen molar-refractivity contribution in [3.63, 3.8) is 0 Å². The molecule has 1 fully saturated rings. The molecule has 11 heteroatoms. The van der Waals surface area contributed by atoms with E-state index in [9.17, 15) is 13.5 Å². The molecule has 1 unspecified atom stereocenters. The average Bonchev–Trinajstić information content (AvgIpc) is 3.48. The maximum absolute atomic E-state index is 15.2. The van der Waals surface area contributed by atoms with Crippen LogP contribution in [0.15, 0.2) is 47.9 Å². The molecule has 2 aromatic carbocycles. The van der Waals surface area contributed by atoms with Crippen LogP contribution < -0.4 is 4.74 Å². The Morgan fingerprint density at radius 1 is 1.24 bits per heavy atom. The Morgan fingerprint density at radius 3 is 2.71 bits per heavy atom. The fourth-order valence-electron chi connectivity index (χ4n) is 4.78. The van der Waals surface area contributed by atoms with E-state index < -0.39 is 27.9 Å². The number of rotatable bonds is 5. The van der Waals surface area contributed by atoms with Crippen LogP contribution in [0, 0.1) is 5.82 Å². The molecule has 1 aliphatic carbocycles. The molecule has 0 spiro atoms. The third-order valence-corrected chi connectivity index (χ3v) is 7.83. The van der Waals surface area contributed by atoms with E-state index >= 15 is 4.39 Å². The highest BCUT2D eigenvalue weighted by Gasteiger charge is 2.42. The summed E-state index contributed by atoms with van der Waals surface area (Å²) in [7, 11) is -3.60. The normalized spacial score (nSPS) is 22.8. The SMILES string of the molecule is CS(=O)(=O)c1nccn1-c1ccc(O[C@H]2c3cc(Cl)cc(Cl)c3C[C@@H]2N2CCC(O)C2)c(F)c1. The summed E-state index contributed by atoms with van der Waals surface area (Å²) in [5.41, 5.74) is 2.00. The summed E-state index contributed by atoms with van der Waals surface area (Å²) in [6.07, 6.45) is 4.13. The van der Waals surface area contributed by atoms with E-state index in [1.807, 2.05) is 0 Å². The molecule has 0 bridgehead atoms. The Labute approximate surface area is 206 Å². The second kappa shape index (κ2) is 8.80. The Kier molecular flexibility index (Phi) is 6.10. The first-order valence-corrected chi connectivity index (χ1v) is 13.4. The zero-order valence-electron chi connectivity index (χ0n) is 18.2. The number of halogens is 3. The molecule has 2 aliphatic rings. The molecule has 0 saturated carbocycles. The van der Waals surface area contributed by atoms with Crippen LogP contribution >= 0.6 is 23.2 Å². The number of nitrogens with zero attached hydrogens (tertiary/aromatic N) is 3.